The normalized spacial score (nSPS) is 14.4. The van der Waals surface area contributed by atoms with Crippen molar-refractivity contribution in [3.63, 3.8) is 0 Å². The molecule has 0 saturated carbocycles. The third kappa shape index (κ3) is 6.38. The molecule has 4 rings (SSSR count). The number of benzene rings is 2. The predicted octanol–water partition coefficient (Wildman–Crippen LogP) is 3.87. The molecule has 2 N–H and O–H groups in total. The van der Waals surface area contributed by atoms with Gasteiger partial charge >= 0.3 is 6.03 Å². The van der Waals surface area contributed by atoms with Gasteiger partial charge in [0.15, 0.2) is 0 Å². The van der Waals surface area contributed by atoms with Gasteiger partial charge in [-0.2, -0.15) is 4.37 Å². The predicted molar refractivity (Wildman–Crippen MR) is 126 cm³/mol. The minimum atomic E-state index is -0.240. The number of hydrogen-bond acceptors (Lipinski definition) is 6. The Kier molecular flexibility index (Phi) is 7.51. The molecule has 0 aliphatic carbocycles. The Morgan fingerprint density at radius 2 is 1.78 bits per heavy atom. The summed E-state index contributed by atoms with van der Waals surface area (Å²) in [6.07, 6.45) is 0.598. The number of aromatic nitrogens is 2. The van der Waals surface area contributed by atoms with E-state index in [1.54, 1.807) is 36.4 Å². The Balaban J connectivity index is 1.17. The fraction of sp³-hybridized carbons (Fsp3) is 0.318. The maximum absolute atomic E-state index is 13.1. The standard InChI is InChI=1S/C22H24ClFN6OS/c23-17-3-7-19(8-4-17)26-21(31)25-9-10-29-11-13-30(14-12-29)22-27-20(28-32-22)15-16-1-5-18(24)6-2-16/h1-8H,9-15H2,(H2,25,26,31). The van der Waals surface area contributed by atoms with Crippen LogP contribution in [0.25, 0.3) is 0 Å². The molecule has 3 aromatic rings. The summed E-state index contributed by atoms with van der Waals surface area (Å²) < 4.78 is 17.5. The van der Waals surface area contributed by atoms with Crippen LogP contribution in [0.1, 0.15) is 11.4 Å². The van der Waals surface area contributed by atoms with E-state index in [1.807, 2.05) is 0 Å². The summed E-state index contributed by atoms with van der Waals surface area (Å²) in [5, 5.41) is 7.22. The highest BCUT2D eigenvalue weighted by Crippen LogP contribution is 2.20. The fourth-order valence-corrected chi connectivity index (χ4v) is 4.29. The molecule has 1 saturated heterocycles. The summed E-state index contributed by atoms with van der Waals surface area (Å²) in [5.74, 6) is 0.519. The zero-order chi connectivity index (χ0) is 22.3. The van der Waals surface area contributed by atoms with E-state index in [1.165, 1.54) is 23.7 Å². The molecule has 1 aliphatic rings. The molecule has 10 heteroatoms. The van der Waals surface area contributed by atoms with Crippen LogP contribution < -0.4 is 15.5 Å². The number of hydrogen-bond donors (Lipinski definition) is 2. The van der Waals surface area contributed by atoms with Gasteiger partial charge in [-0.1, -0.05) is 23.7 Å². The van der Waals surface area contributed by atoms with E-state index in [-0.39, 0.29) is 11.8 Å². The number of nitrogens with zero attached hydrogens (tertiary/aromatic N) is 4. The first-order valence-corrected chi connectivity index (χ1v) is 11.5. The summed E-state index contributed by atoms with van der Waals surface area (Å²) in [5.41, 5.74) is 1.70. The third-order valence-electron chi connectivity index (χ3n) is 5.19. The van der Waals surface area contributed by atoms with Crippen molar-refractivity contribution >= 4 is 40.0 Å². The van der Waals surface area contributed by atoms with Crippen molar-refractivity contribution in [3.8, 4) is 0 Å². The monoisotopic (exact) mass is 474 g/mol. The Morgan fingerprint density at radius 1 is 1.06 bits per heavy atom. The molecule has 1 fully saturated rings. The van der Waals surface area contributed by atoms with Crippen molar-refractivity contribution in [2.24, 2.45) is 0 Å². The van der Waals surface area contributed by atoms with Crippen LogP contribution in [0.3, 0.4) is 0 Å². The second-order valence-corrected chi connectivity index (χ2v) is 8.68. The van der Waals surface area contributed by atoms with Crippen molar-refractivity contribution in [1.82, 2.24) is 19.6 Å². The van der Waals surface area contributed by atoms with E-state index in [2.05, 4.69) is 29.8 Å². The van der Waals surface area contributed by atoms with E-state index in [0.29, 0.717) is 23.7 Å². The van der Waals surface area contributed by atoms with E-state index in [4.69, 9.17) is 11.6 Å². The van der Waals surface area contributed by atoms with Crippen molar-refractivity contribution in [2.45, 2.75) is 6.42 Å². The van der Waals surface area contributed by atoms with E-state index >= 15 is 0 Å². The zero-order valence-electron chi connectivity index (χ0n) is 17.4. The van der Waals surface area contributed by atoms with Crippen molar-refractivity contribution in [1.29, 1.82) is 0 Å². The fourth-order valence-electron chi connectivity index (χ4n) is 3.43. The molecule has 1 aromatic heterocycles. The Hall–Kier alpha value is -2.75. The molecule has 168 valence electrons. The lowest BCUT2D eigenvalue weighted by atomic mass is 10.1. The first kappa shape index (κ1) is 22.4. The maximum atomic E-state index is 13.1. The average Bonchev–Trinajstić information content (AvgIpc) is 3.26. The molecule has 2 heterocycles. The molecule has 32 heavy (non-hydrogen) atoms. The average molecular weight is 475 g/mol. The molecular weight excluding hydrogens is 451 g/mol. The molecule has 1 aliphatic heterocycles. The highest BCUT2D eigenvalue weighted by Gasteiger charge is 2.20. The molecule has 0 unspecified atom stereocenters. The number of carbonyl (C=O) groups excluding carboxylic acids is 1. The van der Waals surface area contributed by atoms with Crippen LogP contribution in [-0.2, 0) is 6.42 Å². The number of carbonyl (C=O) groups is 1. The van der Waals surface area contributed by atoms with Crippen molar-refractivity contribution in [3.05, 3.63) is 70.8 Å². The highest BCUT2D eigenvalue weighted by atomic mass is 35.5. The van der Waals surface area contributed by atoms with Gasteiger partial charge in [0.1, 0.15) is 11.6 Å². The van der Waals surface area contributed by atoms with Crippen LogP contribution >= 0.6 is 23.1 Å². The van der Waals surface area contributed by atoms with Crippen LogP contribution in [0, 0.1) is 5.82 Å². The third-order valence-corrected chi connectivity index (χ3v) is 6.26. The molecule has 2 amide bonds. The van der Waals surface area contributed by atoms with Gasteiger partial charge in [0.05, 0.1) is 0 Å². The number of halogens is 2. The quantitative estimate of drug-likeness (QED) is 0.544. The van der Waals surface area contributed by atoms with Crippen LogP contribution in [0.5, 0.6) is 0 Å². The highest BCUT2D eigenvalue weighted by molar-refractivity contribution is 7.09. The molecule has 0 bridgehead atoms. The lowest BCUT2D eigenvalue weighted by molar-refractivity contribution is 0.240. The van der Waals surface area contributed by atoms with Crippen LogP contribution in [-0.4, -0.2) is 59.6 Å². The minimum Gasteiger partial charge on any atom is -0.344 e. The van der Waals surface area contributed by atoms with Gasteiger partial charge in [0, 0.05) is 67.9 Å². The van der Waals surface area contributed by atoms with Crippen LogP contribution in [0.15, 0.2) is 48.5 Å². The lowest BCUT2D eigenvalue weighted by Crippen LogP contribution is -2.48. The minimum absolute atomic E-state index is 0.228. The first-order valence-electron chi connectivity index (χ1n) is 10.4. The van der Waals surface area contributed by atoms with Crippen LogP contribution in [0.2, 0.25) is 5.02 Å². The first-order chi connectivity index (χ1) is 15.5. The maximum Gasteiger partial charge on any atom is 0.319 e. The number of anilines is 2. The second-order valence-electron chi connectivity index (χ2n) is 7.51. The Bertz CT molecular complexity index is 1020. The molecule has 0 radical (unpaired) electrons. The molecule has 7 nitrogen and oxygen atoms in total. The SMILES string of the molecule is O=C(NCCN1CCN(c2nc(Cc3ccc(F)cc3)ns2)CC1)Nc1ccc(Cl)cc1. The van der Waals surface area contributed by atoms with Gasteiger partial charge in [-0.05, 0) is 42.0 Å². The number of piperazine rings is 1. The second kappa shape index (κ2) is 10.7. The lowest BCUT2D eigenvalue weighted by Gasteiger charge is -2.34. The summed E-state index contributed by atoms with van der Waals surface area (Å²) in [6.45, 7) is 4.87. The van der Waals surface area contributed by atoms with Crippen molar-refractivity contribution in [2.75, 3.05) is 49.5 Å². The summed E-state index contributed by atoms with van der Waals surface area (Å²) in [4.78, 5) is 21.2. The van der Waals surface area contributed by atoms with E-state index in [9.17, 15) is 9.18 Å². The molecule has 0 spiro atoms. The number of urea groups is 1. The van der Waals surface area contributed by atoms with E-state index < -0.39 is 0 Å². The number of nitrogens with one attached hydrogen (secondary N) is 2. The Labute approximate surface area is 195 Å². The van der Waals surface area contributed by atoms with Gasteiger partial charge in [0.2, 0.25) is 5.13 Å². The number of amides is 2. The largest absolute Gasteiger partial charge is 0.344 e. The summed E-state index contributed by atoms with van der Waals surface area (Å²) >= 11 is 7.25. The van der Waals surface area contributed by atoms with Crippen LogP contribution in [0.4, 0.5) is 20.0 Å². The molecule has 2 aromatic carbocycles. The van der Waals surface area contributed by atoms with Gasteiger partial charge in [0.25, 0.3) is 0 Å². The van der Waals surface area contributed by atoms with Gasteiger partial charge < -0.3 is 15.5 Å². The molecule has 0 atom stereocenters. The topological polar surface area (TPSA) is 73.4 Å². The van der Waals surface area contributed by atoms with Gasteiger partial charge in [-0.15, -0.1) is 0 Å². The van der Waals surface area contributed by atoms with E-state index in [0.717, 1.165) is 49.2 Å². The molecular formula is C22H24ClFN6OS. The van der Waals surface area contributed by atoms with Gasteiger partial charge in [-0.3, -0.25) is 4.90 Å². The summed E-state index contributed by atoms with van der Waals surface area (Å²) in [7, 11) is 0. The summed E-state index contributed by atoms with van der Waals surface area (Å²) in [6, 6.07) is 13.2. The van der Waals surface area contributed by atoms with Crippen molar-refractivity contribution < 1.29 is 9.18 Å². The Morgan fingerprint density at radius 3 is 2.50 bits per heavy atom. The van der Waals surface area contributed by atoms with Gasteiger partial charge in [-0.25, -0.2) is 14.2 Å². The number of rotatable bonds is 7. The zero-order valence-corrected chi connectivity index (χ0v) is 19.0. The smallest absolute Gasteiger partial charge is 0.319 e.